The van der Waals surface area contributed by atoms with Crippen molar-refractivity contribution in [3.8, 4) is 0 Å². The number of hydrogen-bond acceptors (Lipinski definition) is 2. The van der Waals surface area contributed by atoms with Crippen LogP contribution < -0.4 is 24.0 Å². The van der Waals surface area contributed by atoms with Gasteiger partial charge in [-0.2, -0.15) is 0 Å². The van der Waals surface area contributed by atoms with Crippen LogP contribution in [0.3, 0.4) is 0 Å². The van der Waals surface area contributed by atoms with E-state index in [1.165, 1.54) is 0 Å². The van der Waals surface area contributed by atoms with Gasteiger partial charge in [-0.3, -0.25) is 0 Å². The summed E-state index contributed by atoms with van der Waals surface area (Å²) in [5.41, 5.74) is 2.45. The Hall–Kier alpha value is -1.75. The zero-order valence-electron chi connectivity index (χ0n) is 11.9. The van der Waals surface area contributed by atoms with Gasteiger partial charge in [0.05, 0.1) is 5.97 Å². The molecule has 3 aromatic rings. The minimum absolute atomic E-state index is 0. The number of carboxylic acid groups (broad SMARTS) is 1. The van der Waals surface area contributed by atoms with Gasteiger partial charge >= 0.3 is 18.9 Å². The number of rotatable bonds is 1. The summed E-state index contributed by atoms with van der Waals surface area (Å²) in [6.45, 7) is 3.95. The van der Waals surface area contributed by atoms with Gasteiger partial charge in [-0.05, 0) is 41.5 Å². The molecule has 0 saturated heterocycles. The molecule has 0 unspecified atom stereocenters. The van der Waals surface area contributed by atoms with Crippen molar-refractivity contribution >= 4 is 27.5 Å². The number of hydrogen-bond donors (Lipinski definition) is 0. The molecular weight excluding hydrogens is 243 g/mol. The maximum Gasteiger partial charge on any atom is 1.00 e. The van der Waals surface area contributed by atoms with E-state index in [1.807, 2.05) is 56.3 Å². The molecule has 3 rings (SSSR count). The molecule has 0 heterocycles. The topological polar surface area (TPSA) is 40.1 Å². The van der Waals surface area contributed by atoms with E-state index in [2.05, 4.69) is 0 Å². The van der Waals surface area contributed by atoms with Crippen LogP contribution in [-0.4, -0.2) is 5.97 Å². The monoisotopic (exact) mass is 256 g/mol. The summed E-state index contributed by atoms with van der Waals surface area (Å²) in [4.78, 5) is 11.5. The van der Waals surface area contributed by atoms with E-state index in [-0.39, 0.29) is 24.4 Å². The number of fused-ring (bicyclic) bond motifs is 2. The van der Waals surface area contributed by atoms with Gasteiger partial charge in [0, 0.05) is 5.56 Å². The maximum absolute atomic E-state index is 11.5. The average molecular weight is 256 g/mol. The normalized spacial score (nSPS) is 10.5. The molecule has 0 N–H and O–H groups in total. The van der Waals surface area contributed by atoms with Crippen LogP contribution >= 0.6 is 0 Å². The second kappa shape index (κ2) is 5.32. The molecule has 3 heteroatoms. The first kappa shape index (κ1) is 14.7. The summed E-state index contributed by atoms with van der Waals surface area (Å²) in [5, 5.41) is 14.9. The van der Waals surface area contributed by atoms with Crippen LogP contribution in [-0.2, 0) is 0 Å². The number of carboxylic acids is 1. The largest absolute Gasteiger partial charge is 1.00 e. The van der Waals surface area contributed by atoms with Crippen molar-refractivity contribution in [3.05, 3.63) is 59.2 Å². The van der Waals surface area contributed by atoms with Gasteiger partial charge in [-0.25, -0.2) is 0 Å². The molecule has 0 spiro atoms. The van der Waals surface area contributed by atoms with E-state index in [0.29, 0.717) is 0 Å². The van der Waals surface area contributed by atoms with Crippen molar-refractivity contribution in [2.45, 2.75) is 13.8 Å². The van der Waals surface area contributed by atoms with Crippen LogP contribution in [0.2, 0.25) is 0 Å². The number of aromatic carboxylic acids is 1. The smallest absolute Gasteiger partial charge is 0.545 e. The first-order valence-corrected chi connectivity index (χ1v) is 6.21. The molecule has 2 nitrogen and oxygen atoms in total. The van der Waals surface area contributed by atoms with Gasteiger partial charge in [0.15, 0.2) is 0 Å². The molecule has 0 radical (unpaired) electrons. The van der Waals surface area contributed by atoms with Gasteiger partial charge in [-0.15, -0.1) is 0 Å². The first-order chi connectivity index (χ1) is 9.06. The predicted molar refractivity (Wildman–Crippen MR) is 75.3 cm³/mol. The van der Waals surface area contributed by atoms with Crippen LogP contribution in [0.15, 0.2) is 42.5 Å². The maximum atomic E-state index is 11.5. The summed E-state index contributed by atoms with van der Waals surface area (Å²) in [6.07, 6.45) is 0. The van der Waals surface area contributed by atoms with E-state index in [0.717, 1.165) is 32.7 Å². The quantitative estimate of drug-likeness (QED) is 0.453. The number of carbonyl (C=O) groups is 1. The molecule has 0 amide bonds. The van der Waals surface area contributed by atoms with Crippen LogP contribution in [0.4, 0.5) is 0 Å². The molecule has 0 bridgehead atoms. The van der Waals surface area contributed by atoms with E-state index >= 15 is 0 Å². The Kier molecular flexibility index (Phi) is 3.90. The fraction of sp³-hybridized carbons (Fsp3) is 0.118. The molecule has 0 aromatic heterocycles. The van der Waals surface area contributed by atoms with E-state index < -0.39 is 5.97 Å². The van der Waals surface area contributed by atoms with Gasteiger partial charge in [0.1, 0.15) is 0 Å². The summed E-state index contributed by atoms with van der Waals surface area (Å²) in [5.74, 6) is -1.12. The second-order valence-corrected chi connectivity index (χ2v) is 4.99. The van der Waals surface area contributed by atoms with Crippen molar-refractivity contribution in [2.75, 3.05) is 0 Å². The van der Waals surface area contributed by atoms with Crippen LogP contribution in [0.25, 0.3) is 21.5 Å². The molecule has 94 valence electrons. The Morgan fingerprint density at radius 3 is 2.20 bits per heavy atom. The van der Waals surface area contributed by atoms with Crippen molar-refractivity contribution in [1.29, 1.82) is 0 Å². The molecule has 20 heavy (non-hydrogen) atoms. The number of benzene rings is 3. The third-order valence-electron chi connectivity index (χ3n) is 3.47. The molecular formula is C17H13LiO2. The summed E-state index contributed by atoms with van der Waals surface area (Å²) in [6, 6.07) is 13.7. The average Bonchev–Trinajstić information content (AvgIpc) is 2.35. The molecule has 0 aliphatic rings. The molecule has 0 atom stereocenters. The third kappa shape index (κ3) is 2.33. The van der Waals surface area contributed by atoms with Crippen LogP contribution in [0, 0.1) is 13.8 Å². The molecule has 0 aliphatic heterocycles. The van der Waals surface area contributed by atoms with Crippen molar-refractivity contribution in [1.82, 2.24) is 0 Å². The molecule has 0 aliphatic carbocycles. The van der Waals surface area contributed by atoms with Gasteiger partial charge in [0.2, 0.25) is 0 Å². The third-order valence-corrected chi connectivity index (χ3v) is 3.47. The zero-order valence-corrected chi connectivity index (χ0v) is 11.9. The van der Waals surface area contributed by atoms with Gasteiger partial charge < -0.3 is 9.90 Å². The molecule has 3 aromatic carbocycles. The zero-order chi connectivity index (χ0) is 13.6. The minimum Gasteiger partial charge on any atom is -0.545 e. The summed E-state index contributed by atoms with van der Waals surface area (Å²) >= 11 is 0. The SMILES string of the molecule is Cc1ccc2c(C(=O)[O-])c3cc(C)ccc3cc2c1.[Li+]. The van der Waals surface area contributed by atoms with Crippen LogP contribution in [0.5, 0.6) is 0 Å². The summed E-state index contributed by atoms with van der Waals surface area (Å²) in [7, 11) is 0. The number of carbonyl (C=O) groups excluding carboxylic acids is 1. The Bertz CT molecular complexity index is 822. The van der Waals surface area contributed by atoms with Crippen molar-refractivity contribution in [2.24, 2.45) is 0 Å². The Morgan fingerprint density at radius 2 is 1.50 bits per heavy atom. The Balaban J connectivity index is 0.00000147. The first-order valence-electron chi connectivity index (χ1n) is 6.21. The van der Waals surface area contributed by atoms with Crippen molar-refractivity contribution < 1.29 is 28.8 Å². The molecule has 0 saturated carbocycles. The van der Waals surface area contributed by atoms with E-state index in [1.54, 1.807) is 0 Å². The second-order valence-electron chi connectivity index (χ2n) is 4.99. The predicted octanol–water partition coefficient (Wildman–Crippen LogP) is -0.0227. The summed E-state index contributed by atoms with van der Waals surface area (Å²) < 4.78 is 0. The van der Waals surface area contributed by atoms with Crippen molar-refractivity contribution in [3.63, 3.8) is 0 Å². The fourth-order valence-electron chi connectivity index (χ4n) is 2.57. The van der Waals surface area contributed by atoms with E-state index in [4.69, 9.17) is 0 Å². The number of aryl methyl sites for hydroxylation is 2. The minimum atomic E-state index is -1.12. The standard InChI is InChI=1S/C17H14O2.Li/c1-10-4-6-14-13(7-10)9-12-5-3-11(2)8-15(12)16(14)17(18)19;/h3-9H,1-2H3,(H,18,19);/q;+1/p-1. The Morgan fingerprint density at radius 1 is 0.850 bits per heavy atom. The van der Waals surface area contributed by atoms with Gasteiger partial charge in [-0.1, -0.05) is 47.5 Å². The van der Waals surface area contributed by atoms with Crippen LogP contribution in [0.1, 0.15) is 21.5 Å². The molecule has 0 fully saturated rings. The van der Waals surface area contributed by atoms with Gasteiger partial charge in [0.25, 0.3) is 0 Å². The Labute approximate surface area is 129 Å². The van der Waals surface area contributed by atoms with E-state index in [9.17, 15) is 9.90 Å². The fourth-order valence-corrected chi connectivity index (χ4v) is 2.57.